The van der Waals surface area contributed by atoms with Crippen molar-refractivity contribution in [3.05, 3.63) is 0 Å². The fraction of sp³-hybridized carbons (Fsp3) is 0.778. The molecule has 0 aromatic carbocycles. The van der Waals surface area contributed by atoms with Gasteiger partial charge >= 0.3 is 0 Å². The zero-order valence-electron chi connectivity index (χ0n) is 8.95. The molecule has 1 rings (SSSR count). The Morgan fingerprint density at radius 3 is 2.50 bits per heavy atom. The molecule has 0 radical (unpaired) electrons. The van der Waals surface area contributed by atoms with Gasteiger partial charge in [0.25, 0.3) is 0 Å². The molecule has 2 N–H and O–H groups in total. The molecule has 0 bridgehead atoms. The summed E-state index contributed by atoms with van der Waals surface area (Å²) in [7, 11) is 0. The number of thioether (sulfide) groups is 1. The van der Waals surface area contributed by atoms with Crippen molar-refractivity contribution in [2.45, 2.75) is 25.5 Å². The molecule has 4 nitrogen and oxygen atoms in total. The van der Waals surface area contributed by atoms with Crippen molar-refractivity contribution in [3.8, 4) is 0 Å². The smallest absolute Gasteiger partial charge is 0.242 e. The van der Waals surface area contributed by atoms with Crippen LogP contribution in [0.25, 0.3) is 0 Å². The molecule has 14 heavy (non-hydrogen) atoms. The van der Waals surface area contributed by atoms with Crippen LogP contribution < -0.4 is 5.73 Å². The molecule has 0 spiro atoms. The summed E-state index contributed by atoms with van der Waals surface area (Å²) in [5.74, 6) is -0.178. The van der Waals surface area contributed by atoms with Gasteiger partial charge in [-0.05, 0) is 6.26 Å². The lowest BCUT2D eigenvalue weighted by molar-refractivity contribution is -0.138. The summed E-state index contributed by atoms with van der Waals surface area (Å²) < 4.78 is 0. The molecular formula is C9H20N2O2S. The molecule has 1 atom stereocenters. The molecule has 1 aliphatic rings. The second kappa shape index (κ2) is 6.84. The topological polar surface area (TPSA) is 63.4 Å². The number of carbonyl (C=O) groups is 2. The molecule has 0 aliphatic carbocycles. The first kappa shape index (κ1) is 13.4. The van der Waals surface area contributed by atoms with E-state index in [0.29, 0.717) is 19.5 Å². The molecular weight excluding hydrogens is 200 g/mol. The number of hydrogen-bond donors (Lipinski definition) is 1. The summed E-state index contributed by atoms with van der Waals surface area (Å²) in [5.41, 5.74) is 5.27. The molecule has 1 fully saturated rings. The highest BCUT2D eigenvalue weighted by Crippen LogP contribution is 2.22. The number of carbonyl (C=O) groups excluding carboxylic acids is 2. The number of hydrogen-bond acceptors (Lipinski definition) is 4. The Hall–Kier alpha value is -0.550. The normalized spacial score (nSPS) is 20.9. The zero-order valence-corrected chi connectivity index (χ0v) is 9.76. The Kier molecular flexibility index (Phi) is 6.57. The average Bonchev–Trinajstić information content (AvgIpc) is 2.49. The average molecular weight is 220 g/mol. The maximum Gasteiger partial charge on any atom is 0.242 e. The summed E-state index contributed by atoms with van der Waals surface area (Å²) in [6.45, 7) is 4.70. The van der Waals surface area contributed by atoms with Crippen LogP contribution in [0.1, 0.15) is 21.7 Å². The number of likely N-dealkylation sites (tertiary alicyclic amines) is 1. The minimum absolute atomic E-state index is 0. The monoisotopic (exact) mass is 220 g/mol. The van der Waals surface area contributed by atoms with Crippen molar-refractivity contribution in [1.29, 1.82) is 0 Å². The van der Waals surface area contributed by atoms with Gasteiger partial charge < -0.3 is 5.73 Å². The summed E-state index contributed by atoms with van der Waals surface area (Å²) in [6, 6.07) is 0. The van der Waals surface area contributed by atoms with Gasteiger partial charge in [-0.15, -0.1) is 0 Å². The molecule has 2 amide bonds. The van der Waals surface area contributed by atoms with Gasteiger partial charge in [0.2, 0.25) is 11.8 Å². The van der Waals surface area contributed by atoms with Crippen molar-refractivity contribution in [1.82, 2.24) is 4.90 Å². The van der Waals surface area contributed by atoms with E-state index in [4.69, 9.17) is 5.73 Å². The second-order valence-electron chi connectivity index (χ2n) is 2.60. The van der Waals surface area contributed by atoms with Crippen molar-refractivity contribution in [2.75, 3.05) is 19.3 Å². The van der Waals surface area contributed by atoms with Crippen molar-refractivity contribution < 1.29 is 11.0 Å². The maximum absolute atomic E-state index is 11.4. The van der Waals surface area contributed by atoms with Crippen LogP contribution in [0.4, 0.5) is 0 Å². The van der Waals surface area contributed by atoms with Gasteiger partial charge in [-0.2, -0.15) is 11.8 Å². The predicted octanol–water partition coefficient (Wildman–Crippen LogP) is 0.708. The lowest BCUT2D eigenvalue weighted by atomic mass is 10.4. The van der Waals surface area contributed by atoms with E-state index in [1.165, 1.54) is 16.7 Å². The third-order valence-electron chi connectivity index (χ3n) is 1.84. The van der Waals surface area contributed by atoms with Gasteiger partial charge in [0, 0.05) is 20.9 Å². The van der Waals surface area contributed by atoms with Gasteiger partial charge in [-0.1, -0.05) is 13.8 Å². The molecule has 1 unspecified atom stereocenters. The Labute approximate surface area is 90.7 Å². The van der Waals surface area contributed by atoms with Crippen LogP contribution in [0.2, 0.25) is 0 Å². The number of imide groups is 1. The minimum Gasteiger partial charge on any atom is -0.329 e. The number of nitrogens with two attached hydrogens (primary N) is 1. The van der Waals surface area contributed by atoms with E-state index < -0.39 is 0 Å². The minimum atomic E-state index is -0.177. The molecule has 1 saturated heterocycles. The summed E-state index contributed by atoms with van der Waals surface area (Å²) in [5, 5.41) is -0.177. The third kappa shape index (κ3) is 2.99. The van der Waals surface area contributed by atoms with Crippen molar-refractivity contribution in [3.63, 3.8) is 0 Å². The van der Waals surface area contributed by atoms with E-state index in [-0.39, 0.29) is 18.5 Å². The number of rotatable bonds is 3. The van der Waals surface area contributed by atoms with E-state index in [1.807, 2.05) is 20.1 Å². The van der Waals surface area contributed by atoms with Crippen molar-refractivity contribution in [2.24, 2.45) is 5.73 Å². The van der Waals surface area contributed by atoms with Crippen LogP contribution in [-0.2, 0) is 9.59 Å². The van der Waals surface area contributed by atoms with Crippen molar-refractivity contribution >= 4 is 23.6 Å². The molecule has 0 saturated carbocycles. The highest BCUT2D eigenvalue weighted by Gasteiger charge is 2.37. The van der Waals surface area contributed by atoms with Gasteiger partial charge in [-0.25, -0.2) is 0 Å². The molecule has 1 aliphatic heterocycles. The summed E-state index contributed by atoms with van der Waals surface area (Å²) in [4.78, 5) is 23.8. The second-order valence-corrected chi connectivity index (χ2v) is 3.64. The highest BCUT2D eigenvalue weighted by molar-refractivity contribution is 8.00. The summed E-state index contributed by atoms with van der Waals surface area (Å²) >= 11 is 1.42. The van der Waals surface area contributed by atoms with Crippen LogP contribution in [0.5, 0.6) is 0 Å². The lowest BCUT2D eigenvalue weighted by Crippen LogP contribution is -2.35. The fourth-order valence-electron chi connectivity index (χ4n) is 1.20. The Morgan fingerprint density at radius 1 is 1.57 bits per heavy atom. The lowest BCUT2D eigenvalue weighted by Gasteiger charge is -2.12. The maximum atomic E-state index is 11.4. The van der Waals surface area contributed by atoms with Crippen LogP contribution in [0.3, 0.4) is 0 Å². The Bertz CT molecular complexity index is 214. The Morgan fingerprint density at radius 2 is 2.14 bits per heavy atom. The summed E-state index contributed by atoms with van der Waals surface area (Å²) in [6.07, 6.45) is 2.17. The molecule has 0 aromatic rings. The quantitative estimate of drug-likeness (QED) is 0.711. The van der Waals surface area contributed by atoms with Gasteiger partial charge in [0.15, 0.2) is 0 Å². The van der Waals surface area contributed by atoms with E-state index >= 15 is 0 Å². The third-order valence-corrected chi connectivity index (χ3v) is 2.78. The SMILES string of the molecule is CC.CSC1CC(=O)N(CCN)C1=O.[HH]. The van der Waals surface area contributed by atoms with Crippen LogP contribution in [-0.4, -0.2) is 41.3 Å². The van der Waals surface area contributed by atoms with Gasteiger partial charge in [-0.3, -0.25) is 14.5 Å². The Balaban J connectivity index is 0. The fourth-order valence-corrected chi connectivity index (χ4v) is 1.84. The number of amides is 2. The van der Waals surface area contributed by atoms with Crippen LogP contribution in [0.15, 0.2) is 0 Å². The molecule has 84 valence electrons. The van der Waals surface area contributed by atoms with Crippen LogP contribution >= 0.6 is 11.8 Å². The first-order chi connectivity index (χ1) is 6.70. The van der Waals surface area contributed by atoms with E-state index in [0.717, 1.165) is 0 Å². The zero-order chi connectivity index (χ0) is 11.1. The predicted molar refractivity (Wildman–Crippen MR) is 61.2 cm³/mol. The molecule has 1 heterocycles. The molecule has 5 heteroatoms. The standard InChI is InChI=1S/C7H12N2O2S.C2H6.H2/c1-12-5-4-6(10)9(3-2-8)7(5)11;1-2;/h5H,2-4,8H2,1H3;1-2H3;1H. The van der Waals surface area contributed by atoms with E-state index in [9.17, 15) is 9.59 Å². The largest absolute Gasteiger partial charge is 0.329 e. The molecule has 0 aromatic heterocycles. The van der Waals surface area contributed by atoms with E-state index in [1.54, 1.807) is 0 Å². The van der Waals surface area contributed by atoms with Gasteiger partial charge in [0.05, 0.1) is 5.25 Å². The first-order valence-corrected chi connectivity index (χ1v) is 6.06. The van der Waals surface area contributed by atoms with Gasteiger partial charge in [0.1, 0.15) is 0 Å². The first-order valence-electron chi connectivity index (χ1n) is 4.77. The highest BCUT2D eigenvalue weighted by atomic mass is 32.2. The van der Waals surface area contributed by atoms with E-state index in [2.05, 4.69) is 0 Å². The number of nitrogens with zero attached hydrogens (tertiary/aromatic N) is 1. The van der Waals surface area contributed by atoms with Crippen LogP contribution in [0, 0.1) is 0 Å².